The molecule has 0 bridgehead atoms. The number of aromatic amines is 1. The van der Waals surface area contributed by atoms with Crippen molar-refractivity contribution in [3.8, 4) is 0 Å². The molecule has 0 atom stereocenters. The second kappa shape index (κ2) is 6.86. The lowest BCUT2D eigenvalue weighted by Crippen LogP contribution is -2.27. The molecular weight excluding hydrogens is 246 g/mol. The van der Waals surface area contributed by atoms with E-state index in [1.807, 2.05) is 18.2 Å². The number of carbonyl (C=O) groups excluding carboxylic acids is 1. The molecule has 0 spiro atoms. The summed E-state index contributed by atoms with van der Waals surface area (Å²) in [6, 6.07) is 5.83. The number of ether oxygens (including phenoxy) is 2. The maximum Gasteiger partial charge on any atom is 0.246 e. The first-order valence-electron chi connectivity index (χ1n) is 6.05. The minimum absolute atomic E-state index is 0.0513. The summed E-state index contributed by atoms with van der Waals surface area (Å²) in [5.74, 6) is -0.138. The summed E-state index contributed by atoms with van der Waals surface area (Å²) in [5, 5.41) is 2.79. The number of imidazole rings is 1. The molecule has 0 aliphatic carbocycles. The van der Waals surface area contributed by atoms with E-state index in [4.69, 9.17) is 9.47 Å². The number of methoxy groups -OCH3 is 1. The van der Waals surface area contributed by atoms with E-state index in [1.165, 1.54) is 0 Å². The van der Waals surface area contributed by atoms with Gasteiger partial charge < -0.3 is 19.8 Å². The lowest BCUT2D eigenvalue weighted by atomic mass is 10.2. The highest BCUT2D eigenvalue weighted by Crippen LogP contribution is 2.11. The van der Waals surface area contributed by atoms with Crippen molar-refractivity contribution in [3.05, 3.63) is 30.1 Å². The smallest absolute Gasteiger partial charge is 0.246 e. The standard InChI is InChI=1S/C13H17N3O3/c1-18-4-5-19-8-13(17)14-7-10-2-3-11-12(6-10)16-9-15-11/h2-3,6,9H,4-5,7-8H2,1H3,(H,14,17)(H,15,16). The molecule has 2 rings (SSSR count). The number of H-pyrrole nitrogens is 1. The van der Waals surface area contributed by atoms with E-state index in [9.17, 15) is 4.79 Å². The summed E-state index contributed by atoms with van der Waals surface area (Å²) in [6.45, 7) is 1.44. The largest absolute Gasteiger partial charge is 0.382 e. The Morgan fingerprint density at radius 3 is 3.16 bits per heavy atom. The molecule has 0 radical (unpaired) electrons. The van der Waals surface area contributed by atoms with Crippen LogP contribution in [0.2, 0.25) is 0 Å². The van der Waals surface area contributed by atoms with E-state index in [-0.39, 0.29) is 12.5 Å². The Kier molecular flexibility index (Phi) is 4.88. The van der Waals surface area contributed by atoms with Gasteiger partial charge in [0, 0.05) is 13.7 Å². The van der Waals surface area contributed by atoms with Gasteiger partial charge in [0.1, 0.15) is 6.61 Å². The predicted octanol–water partition coefficient (Wildman–Crippen LogP) is 0.842. The third-order valence-corrected chi connectivity index (χ3v) is 2.64. The van der Waals surface area contributed by atoms with Gasteiger partial charge in [-0.05, 0) is 17.7 Å². The number of aromatic nitrogens is 2. The highest BCUT2D eigenvalue weighted by atomic mass is 16.5. The van der Waals surface area contributed by atoms with E-state index in [1.54, 1.807) is 13.4 Å². The quantitative estimate of drug-likeness (QED) is 0.726. The molecule has 6 heteroatoms. The molecule has 0 aliphatic heterocycles. The Balaban J connectivity index is 1.76. The zero-order chi connectivity index (χ0) is 13.5. The number of nitrogens with one attached hydrogen (secondary N) is 2. The van der Waals surface area contributed by atoms with Crippen molar-refractivity contribution in [1.82, 2.24) is 15.3 Å². The van der Waals surface area contributed by atoms with Crippen molar-refractivity contribution >= 4 is 16.9 Å². The molecule has 1 heterocycles. The van der Waals surface area contributed by atoms with Crippen LogP contribution in [0.5, 0.6) is 0 Å². The van der Waals surface area contributed by atoms with Gasteiger partial charge in [0.05, 0.1) is 30.6 Å². The Morgan fingerprint density at radius 2 is 2.32 bits per heavy atom. The predicted molar refractivity (Wildman–Crippen MR) is 70.6 cm³/mol. The van der Waals surface area contributed by atoms with Crippen LogP contribution in [-0.4, -0.2) is 42.8 Å². The van der Waals surface area contributed by atoms with Crippen molar-refractivity contribution in [2.75, 3.05) is 26.9 Å². The summed E-state index contributed by atoms with van der Waals surface area (Å²) in [6.07, 6.45) is 1.65. The fourth-order valence-corrected chi connectivity index (χ4v) is 1.65. The van der Waals surface area contributed by atoms with E-state index < -0.39 is 0 Å². The Morgan fingerprint density at radius 1 is 1.42 bits per heavy atom. The Labute approximate surface area is 111 Å². The molecule has 2 N–H and O–H groups in total. The average molecular weight is 263 g/mol. The van der Waals surface area contributed by atoms with Gasteiger partial charge in [-0.3, -0.25) is 4.79 Å². The third kappa shape index (κ3) is 4.04. The van der Waals surface area contributed by atoms with Crippen molar-refractivity contribution < 1.29 is 14.3 Å². The van der Waals surface area contributed by atoms with Crippen LogP contribution in [0.1, 0.15) is 5.56 Å². The normalized spacial score (nSPS) is 10.8. The number of hydrogen-bond donors (Lipinski definition) is 2. The molecule has 102 valence electrons. The van der Waals surface area contributed by atoms with Crippen LogP contribution in [0.3, 0.4) is 0 Å². The fourth-order valence-electron chi connectivity index (χ4n) is 1.65. The summed E-state index contributed by atoms with van der Waals surface area (Å²) >= 11 is 0. The number of carbonyl (C=O) groups is 1. The number of benzene rings is 1. The fraction of sp³-hybridized carbons (Fsp3) is 0.385. The molecule has 0 fully saturated rings. The van der Waals surface area contributed by atoms with Gasteiger partial charge >= 0.3 is 0 Å². The van der Waals surface area contributed by atoms with Crippen LogP contribution in [0.15, 0.2) is 24.5 Å². The number of rotatable bonds is 7. The second-order valence-corrected chi connectivity index (χ2v) is 4.08. The highest BCUT2D eigenvalue weighted by molar-refractivity contribution is 5.78. The van der Waals surface area contributed by atoms with Crippen LogP contribution >= 0.6 is 0 Å². The zero-order valence-electron chi connectivity index (χ0n) is 10.8. The molecule has 0 unspecified atom stereocenters. The lowest BCUT2D eigenvalue weighted by molar-refractivity contribution is -0.126. The van der Waals surface area contributed by atoms with Gasteiger partial charge in [-0.25, -0.2) is 4.98 Å². The molecule has 1 aromatic carbocycles. The van der Waals surface area contributed by atoms with Crippen LogP contribution in [0.25, 0.3) is 11.0 Å². The molecular formula is C13H17N3O3. The number of hydrogen-bond acceptors (Lipinski definition) is 4. The molecule has 0 saturated carbocycles. The number of fused-ring (bicyclic) bond motifs is 1. The molecule has 0 aliphatic rings. The highest BCUT2D eigenvalue weighted by Gasteiger charge is 2.03. The van der Waals surface area contributed by atoms with Gasteiger partial charge in [0.15, 0.2) is 0 Å². The first-order valence-corrected chi connectivity index (χ1v) is 6.05. The topological polar surface area (TPSA) is 76.2 Å². The van der Waals surface area contributed by atoms with Crippen molar-refractivity contribution in [2.45, 2.75) is 6.54 Å². The van der Waals surface area contributed by atoms with Crippen LogP contribution in [-0.2, 0) is 20.8 Å². The average Bonchev–Trinajstić information content (AvgIpc) is 2.89. The number of nitrogens with zero attached hydrogens (tertiary/aromatic N) is 1. The Hall–Kier alpha value is -1.92. The van der Waals surface area contributed by atoms with Crippen molar-refractivity contribution in [2.24, 2.45) is 0 Å². The first kappa shape index (κ1) is 13.5. The van der Waals surface area contributed by atoms with Gasteiger partial charge in [-0.15, -0.1) is 0 Å². The zero-order valence-corrected chi connectivity index (χ0v) is 10.8. The van der Waals surface area contributed by atoms with Crippen LogP contribution in [0, 0.1) is 0 Å². The van der Waals surface area contributed by atoms with E-state index >= 15 is 0 Å². The molecule has 0 saturated heterocycles. The first-order chi connectivity index (χ1) is 9.29. The molecule has 1 amide bonds. The van der Waals surface area contributed by atoms with Crippen LogP contribution in [0.4, 0.5) is 0 Å². The minimum Gasteiger partial charge on any atom is -0.382 e. The maximum absolute atomic E-state index is 11.5. The van der Waals surface area contributed by atoms with Gasteiger partial charge in [0.25, 0.3) is 0 Å². The van der Waals surface area contributed by atoms with Crippen LogP contribution < -0.4 is 5.32 Å². The SMILES string of the molecule is COCCOCC(=O)NCc1ccc2nc[nH]c2c1. The van der Waals surface area contributed by atoms with Crippen molar-refractivity contribution in [3.63, 3.8) is 0 Å². The maximum atomic E-state index is 11.5. The monoisotopic (exact) mass is 263 g/mol. The minimum atomic E-state index is -0.138. The molecule has 1 aromatic heterocycles. The lowest BCUT2D eigenvalue weighted by Gasteiger charge is -2.06. The molecule has 2 aromatic rings. The number of amides is 1. The molecule has 6 nitrogen and oxygen atoms in total. The summed E-state index contributed by atoms with van der Waals surface area (Å²) < 4.78 is 9.95. The second-order valence-electron chi connectivity index (χ2n) is 4.08. The van der Waals surface area contributed by atoms with Gasteiger partial charge in [-0.1, -0.05) is 6.07 Å². The van der Waals surface area contributed by atoms with Gasteiger partial charge in [-0.2, -0.15) is 0 Å². The summed E-state index contributed by atoms with van der Waals surface area (Å²) in [7, 11) is 1.59. The van der Waals surface area contributed by atoms with E-state index in [0.717, 1.165) is 16.6 Å². The molecule has 19 heavy (non-hydrogen) atoms. The van der Waals surface area contributed by atoms with E-state index in [2.05, 4.69) is 15.3 Å². The van der Waals surface area contributed by atoms with Crippen molar-refractivity contribution in [1.29, 1.82) is 0 Å². The summed E-state index contributed by atoms with van der Waals surface area (Å²) in [5.41, 5.74) is 2.89. The Bertz CT molecular complexity index is 539. The van der Waals surface area contributed by atoms with E-state index in [0.29, 0.717) is 19.8 Å². The third-order valence-electron chi connectivity index (χ3n) is 2.64. The van der Waals surface area contributed by atoms with Gasteiger partial charge in [0.2, 0.25) is 5.91 Å². The summed E-state index contributed by atoms with van der Waals surface area (Å²) in [4.78, 5) is 18.7.